The fourth-order valence-electron chi connectivity index (χ4n) is 3.75. The number of hydrogen-bond acceptors (Lipinski definition) is 5. The van der Waals surface area contributed by atoms with Crippen LogP contribution in [0.15, 0.2) is 46.8 Å². The number of rotatable bonds is 5. The molecule has 0 amide bonds. The highest BCUT2D eigenvalue weighted by Crippen LogP contribution is 2.43. The molecule has 1 unspecified atom stereocenters. The summed E-state index contributed by atoms with van der Waals surface area (Å²) in [6, 6.07) is 4.57. The molecule has 0 saturated heterocycles. The van der Waals surface area contributed by atoms with Crippen molar-refractivity contribution in [1.29, 1.82) is 0 Å². The topological polar surface area (TPSA) is 64.6 Å². The standard InChI is InChI=1S/C21H22F3NO4/c1-12-17(20(27)29-11-10-28-2)18(19-15(25-12)4-3-5-16(19)26)13-6-8-14(9-7-13)21(22,23)24/h6-9,18,25H,3-5,10-11H2,1-2H3. The first-order valence-electron chi connectivity index (χ1n) is 9.31. The van der Waals surface area contributed by atoms with Crippen molar-refractivity contribution >= 4 is 11.8 Å². The quantitative estimate of drug-likeness (QED) is 0.591. The zero-order valence-electron chi connectivity index (χ0n) is 16.2. The molecule has 1 aromatic carbocycles. The molecule has 0 aromatic heterocycles. The molecule has 5 nitrogen and oxygen atoms in total. The Morgan fingerprint density at radius 1 is 1.17 bits per heavy atom. The largest absolute Gasteiger partial charge is 0.460 e. The number of benzene rings is 1. The molecule has 0 bridgehead atoms. The Morgan fingerprint density at radius 3 is 2.48 bits per heavy atom. The average molecular weight is 409 g/mol. The van der Waals surface area contributed by atoms with E-state index in [0.717, 1.165) is 17.8 Å². The van der Waals surface area contributed by atoms with E-state index in [2.05, 4.69) is 5.32 Å². The van der Waals surface area contributed by atoms with E-state index in [-0.39, 0.29) is 24.6 Å². The molecule has 1 atom stereocenters. The third-order valence-electron chi connectivity index (χ3n) is 5.09. The predicted octanol–water partition coefficient (Wildman–Crippen LogP) is 3.86. The Balaban J connectivity index is 2.04. The summed E-state index contributed by atoms with van der Waals surface area (Å²) in [5.41, 5.74) is 1.57. The van der Waals surface area contributed by atoms with Gasteiger partial charge in [0.15, 0.2) is 5.78 Å². The molecular formula is C21H22F3NO4. The van der Waals surface area contributed by atoms with Crippen LogP contribution in [-0.2, 0) is 25.2 Å². The van der Waals surface area contributed by atoms with Crippen LogP contribution in [0.2, 0.25) is 0 Å². The number of carbonyl (C=O) groups excluding carboxylic acids is 2. The van der Waals surface area contributed by atoms with Gasteiger partial charge in [0.2, 0.25) is 0 Å². The van der Waals surface area contributed by atoms with E-state index >= 15 is 0 Å². The van der Waals surface area contributed by atoms with Crippen LogP contribution < -0.4 is 5.32 Å². The maximum Gasteiger partial charge on any atom is 0.416 e. The van der Waals surface area contributed by atoms with Crippen LogP contribution in [0.3, 0.4) is 0 Å². The van der Waals surface area contributed by atoms with Gasteiger partial charge >= 0.3 is 12.1 Å². The SMILES string of the molecule is COCCOC(=O)C1=C(C)NC2=C(C(=O)CCC2)C1c1ccc(C(F)(F)F)cc1. The fraction of sp³-hybridized carbons (Fsp3) is 0.429. The zero-order valence-corrected chi connectivity index (χ0v) is 16.2. The molecule has 156 valence electrons. The van der Waals surface area contributed by atoms with Gasteiger partial charge in [0.25, 0.3) is 0 Å². The van der Waals surface area contributed by atoms with Crippen LogP contribution >= 0.6 is 0 Å². The molecule has 8 heteroatoms. The molecule has 2 aliphatic rings. The number of allylic oxidation sites excluding steroid dienone is 3. The molecule has 1 aromatic rings. The lowest BCUT2D eigenvalue weighted by molar-refractivity contribution is -0.141. The van der Waals surface area contributed by atoms with Gasteiger partial charge in [0.1, 0.15) is 6.61 Å². The minimum absolute atomic E-state index is 0.0334. The van der Waals surface area contributed by atoms with Crippen molar-refractivity contribution in [3.8, 4) is 0 Å². The minimum Gasteiger partial charge on any atom is -0.460 e. The van der Waals surface area contributed by atoms with Gasteiger partial charge < -0.3 is 14.8 Å². The van der Waals surface area contributed by atoms with Crippen LogP contribution in [0.5, 0.6) is 0 Å². The van der Waals surface area contributed by atoms with Crippen molar-refractivity contribution in [2.75, 3.05) is 20.3 Å². The van der Waals surface area contributed by atoms with Crippen molar-refractivity contribution < 1.29 is 32.2 Å². The second-order valence-corrected chi connectivity index (χ2v) is 7.01. The molecule has 1 aliphatic carbocycles. The Labute approximate surface area is 166 Å². The predicted molar refractivity (Wildman–Crippen MR) is 98.7 cm³/mol. The Kier molecular flexibility index (Phi) is 6.12. The number of esters is 1. The van der Waals surface area contributed by atoms with Gasteiger partial charge in [0, 0.05) is 36.4 Å². The molecule has 1 N–H and O–H groups in total. The van der Waals surface area contributed by atoms with Gasteiger partial charge in [-0.1, -0.05) is 12.1 Å². The van der Waals surface area contributed by atoms with Crippen molar-refractivity contribution in [2.24, 2.45) is 0 Å². The van der Waals surface area contributed by atoms with Gasteiger partial charge in [0.05, 0.1) is 17.7 Å². The van der Waals surface area contributed by atoms with E-state index in [1.807, 2.05) is 0 Å². The Bertz CT molecular complexity index is 869. The first kappa shape index (κ1) is 21.1. The van der Waals surface area contributed by atoms with Gasteiger partial charge in [-0.15, -0.1) is 0 Å². The van der Waals surface area contributed by atoms with Crippen LogP contribution in [-0.4, -0.2) is 32.1 Å². The third-order valence-corrected chi connectivity index (χ3v) is 5.09. The highest BCUT2D eigenvalue weighted by atomic mass is 19.4. The van der Waals surface area contributed by atoms with Crippen LogP contribution in [0.1, 0.15) is 43.2 Å². The van der Waals surface area contributed by atoms with Crippen molar-refractivity contribution in [2.45, 2.75) is 38.3 Å². The summed E-state index contributed by atoms with van der Waals surface area (Å²) in [7, 11) is 1.48. The number of dihydropyridines is 1. The lowest BCUT2D eigenvalue weighted by atomic mass is 9.75. The molecule has 0 fully saturated rings. The third kappa shape index (κ3) is 4.37. The highest BCUT2D eigenvalue weighted by molar-refractivity contribution is 6.03. The lowest BCUT2D eigenvalue weighted by Crippen LogP contribution is -2.34. The van der Waals surface area contributed by atoms with Crippen molar-refractivity contribution in [1.82, 2.24) is 5.32 Å². The fourth-order valence-corrected chi connectivity index (χ4v) is 3.75. The van der Waals surface area contributed by atoms with E-state index in [9.17, 15) is 22.8 Å². The molecule has 0 radical (unpaired) electrons. The first-order valence-corrected chi connectivity index (χ1v) is 9.31. The smallest absolute Gasteiger partial charge is 0.416 e. The number of halogens is 3. The summed E-state index contributed by atoms with van der Waals surface area (Å²) in [5, 5.41) is 3.13. The Hall–Kier alpha value is -2.61. The highest BCUT2D eigenvalue weighted by Gasteiger charge is 2.39. The van der Waals surface area contributed by atoms with Crippen LogP contribution in [0, 0.1) is 0 Å². The molecule has 3 rings (SSSR count). The van der Waals surface area contributed by atoms with Gasteiger partial charge in [-0.3, -0.25) is 4.79 Å². The summed E-state index contributed by atoms with van der Waals surface area (Å²) in [5.74, 6) is -1.50. The molecular weight excluding hydrogens is 387 g/mol. The number of ether oxygens (including phenoxy) is 2. The number of alkyl halides is 3. The monoisotopic (exact) mass is 409 g/mol. The van der Waals surface area contributed by atoms with Crippen LogP contribution in [0.4, 0.5) is 13.2 Å². The van der Waals surface area contributed by atoms with E-state index in [1.165, 1.54) is 19.2 Å². The number of nitrogens with one attached hydrogen (secondary N) is 1. The first-order chi connectivity index (χ1) is 13.7. The minimum atomic E-state index is -4.47. The zero-order chi connectivity index (χ0) is 21.2. The number of Topliss-reactive ketones (excluding diaryl/α,β-unsaturated/α-hetero) is 1. The summed E-state index contributed by atoms with van der Waals surface area (Å²) in [4.78, 5) is 25.5. The maximum absolute atomic E-state index is 13.0. The number of hydrogen-bond donors (Lipinski definition) is 1. The van der Waals surface area contributed by atoms with E-state index in [1.54, 1.807) is 6.92 Å². The second kappa shape index (κ2) is 8.41. The summed E-state index contributed by atoms with van der Waals surface area (Å²) < 4.78 is 49.0. The maximum atomic E-state index is 13.0. The second-order valence-electron chi connectivity index (χ2n) is 7.01. The normalized spacial score (nSPS) is 19.8. The summed E-state index contributed by atoms with van der Waals surface area (Å²) in [6.45, 7) is 1.95. The summed E-state index contributed by atoms with van der Waals surface area (Å²) >= 11 is 0. The number of ketones is 1. The van der Waals surface area contributed by atoms with Gasteiger partial charge in [-0.05, 0) is 37.5 Å². The molecule has 1 aliphatic heterocycles. The number of methoxy groups -OCH3 is 1. The van der Waals surface area contributed by atoms with Gasteiger partial charge in [-0.2, -0.15) is 13.2 Å². The van der Waals surface area contributed by atoms with Gasteiger partial charge in [-0.25, -0.2) is 4.79 Å². The van der Waals surface area contributed by atoms with Crippen LogP contribution in [0.25, 0.3) is 0 Å². The average Bonchev–Trinajstić information content (AvgIpc) is 2.66. The molecule has 29 heavy (non-hydrogen) atoms. The van der Waals surface area contributed by atoms with Crippen molar-refractivity contribution in [3.05, 3.63) is 57.9 Å². The molecule has 0 saturated carbocycles. The van der Waals surface area contributed by atoms with E-state index < -0.39 is 23.6 Å². The van der Waals surface area contributed by atoms with E-state index in [4.69, 9.17) is 9.47 Å². The van der Waals surface area contributed by atoms with E-state index in [0.29, 0.717) is 36.1 Å². The van der Waals surface area contributed by atoms with Crippen molar-refractivity contribution in [3.63, 3.8) is 0 Å². The Morgan fingerprint density at radius 2 is 1.86 bits per heavy atom. The summed E-state index contributed by atoms with van der Waals surface area (Å²) in [6.07, 6.45) is -2.80. The number of carbonyl (C=O) groups is 2. The molecule has 0 spiro atoms. The molecule has 1 heterocycles. The lowest BCUT2D eigenvalue weighted by Gasteiger charge is -2.34.